The van der Waals surface area contributed by atoms with Gasteiger partial charge in [-0.2, -0.15) is 0 Å². The molecule has 2 aliphatic rings. The van der Waals surface area contributed by atoms with Gasteiger partial charge in [0.05, 0.1) is 11.3 Å². The van der Waals surface area contributed by atoms with Crippen molar-refractivity contribution < 1.29 is 9.53 Å². The monoisotopic (exact) mass is 421 g/mol. The van der Waals surface area contributed by atoms with Gasteiger partial charge in [-0.25, -0.2) is 9.78 Å². The van der Waals surface area contributed by atoms with E-state index in [0.29, 0.717) is 5.56 Å². The van der Waals surface area contributed by atoms with Crippen LogP contribution >= 0.6 is 0 Å². The van der Waals surface area contributed by atoms with Crippen LogP contribution in [0.2, 0.25) is 0 Å². The summed E-state index contributed by atoms with van der Waals surface area (Å²) in [6, 6.07) is 26.6. The van der Waals surface area contributed by atoms with Crippen LogP contribution in [-0.4, -0.2) is 29.0 Å². The largest absolute Gasteiger partial charge is 0.450 e. The molecule has 0 aliphatic carbocycles. The number of hydrogen-bond donors (Lipinski definition) is 1. The van der Waals surface area contributed by atoms with E-state index in [1.165, 1.54) is 11.1 Å². The molecule has 2 aliphatic heterocycles. The third-order valence-electron chi connectivity index (χ3n) is 6.63. The van der Waals surface area contributed by atoms with Crippen molar-refractivity contribution in [2.24, 2.45) is 0 Å². The maximum Gasteiger partial charge on any atom is 0.339 e. The van der Waals surface area contributed by atoms with Gasteiger partial charge in [0, 0.05) is 43.3 Å². The molecule has 4 aromatic rings. The van der Waals surface area contributed by atoms with Crippen molar-refractivity contribution in [2.75, 3.05) is 18.0 Å². The van der Waals surface area contributed by atoms with Gasteiger partial charge < -0.3 is 14.6 Å². The summed E-state index contributed by atoms with van der Waals surface area (Å²) in [5.41, 5.74) is 5.62. The van der Waals surface area contributed by atoms with Gasteiger partial charge >= 0.3 is 5.97 Å². The average molecular weight is 422 g/mol. The maximum absolute atomic E-state index is 12.3. The number of fused-ring (bicyclic) bond motifs is 2. The number of ether oxygens (including phenoxy) is 1. The highest BCUT2D eigenvalue weighted by Gasteiger charge is 2.47. The lowest BCUT2D eigenvalue weighted by Crippen LogP contribution is -2.43. The van der Waals surface area contributed by atoms with E-state index in [2.05, 4.69) is 58.4 Å². The Bertz CT molecular complexity index is 1290. The van der Waals surface area contributed by atoms with Crippen LogP contribution in [0.1, 0.15) is 28.8 Å². The van der Waals surface area contributed by atoms with Gasteiger partial charge in [-0.15, -0.1) is 0 Å². The predicted octanol–water partition coefficient (Wildman–Crippen LogP) is 5.41. The number of nitrogens with zero attached hydrogens (tertiary/aromatic N) is 2. The number of H-pyrrole nitrogens is 1. The quantitative estimate of drug-likeness (QED) is 0.450. The summed E-state index contributed by atoms with van der Waals surface area (Å²) in [6.07, 6.45) is 3.49. The Balaban J connectivity index is 1.21. The van der Waals surface area contributed by atoms with Gasteiger partial charge in [-0.3, -0.25) is 0 Å². The molecule has 0 radical (unpaired) electrons. The van der Waals surface area contributed by atoms with Gasteiger partial charge in [0.2, 0.25) is 5.95 Å². The summed E-state index contributed by atoms with van der Waals surface area (Å²) in [5, 5.41) is 0. The van der Waals surface area contributed by atoms with Crippen LogP contribution in [-0.2, 0) is 10.3 Å². The molecular formula is C27H23N3O2. The van der Waals surface area contributed by atoms with Crippen LogP contribution < -0.4 is 4.90 Å². The van der Waals surface area contributed by atoms with Gasteiger partial charge in [-0.05, 0) is 23.3 Å². The summed E-state index contributed by atoms with van der Waals surface area (Å²) < 4.78 is 5.88. The number of rotatable bonds is 3. The van der Waals surface area contributed by atoms with Crippen molar-refractivity contribution in [2.45, 2.75) is 18.4 Å². The van der Waals surface area contributed by atoms with Gasteiger partial charge in [0.1, 0.15) is 5.60 Å². The van der Waals surface area contributed by atoms with E-state index in [1.807, 2.05) is 36.5 Å². The van der Waals surface area contributed by atoms with Crippen molar-refractivity contribution in [3.05, 3.63) is 96.2 Å². The van der Waals surface area contributed by atoms with Gasteiger partial charge in [0.25, 0.3) is 0 Å². The number of esters is 1. The molecule has 3 aromatic carbocycles. The molecular weight excluding hydrogens is 398 g/mol. The zero-order valence-corrected chi connectivity index (χ0v) is 17.6. The molecule has 5 heteroatoms. The minimum absolute atomic E-state index is 0.201. The summed E-state index contributed by atoms with van der Waals surface area (Å²) in [6.45, 7) is 1.55. The number of anilines is 1. The van der Waals surface area contributed by atoms with Crippen molar-refractivity contribution in [3.8, 4) is 22.4 Å². The van der Waals surface area contributed by atoms with E-state index in [0.717, 1.165) is 48.7 Å². The van der Waals surface area contributed by atoms with Crippen molar-refractivity contribution in [1.82, 2.24) is 9.97 Å². The van der Waals surface area contributed by atoms with Crippen LogP contribution in [0.4, 0.5) is 5.95 Å². The second kappa shape index (κ2) is 7.38. The Kier molecular flexibility index (Phi) is 4.35. The lowest BCUT2D eigenvalue weighted by Gasteiger charge is -2.38. The molecule has 0 atom stereocenters. The molecule has 1 spiro atoms. The Morgan fingerprint density at radius 3 is 2.41 bits per heavy atom. The van der Waals surface area contributed by atoms with Crippen LogP contribution in [0.15, 0.2) is 85.1 Å². The molecule has 0 unspecified atom stereocenters. The molecule has 5 nitrogen and oxygen atoms in total. The second-order valence-corrected chi connectivity index (χ2v) is 8.47. The molecule has 1 aromatic heterocycles. The highest BCUT2D eigenvalue weighted by molar-refractivity contribution is 5.94. The van der Waals surface area contributed by atoms with Crippen molar-refractivity contribution >= 4 is 11.9 Å². The zero-order chi connectivity index (χ0) is 21.5. The summed E-state index contributed by atoms with van der Waals surface area (Å²) >= 11 is 0. The highest BCUT2D eigenvalue weighted by Crippen LogP contribution is 2.44. The lowest BCUT2D eigenvalue weighted by atomic mass is 9.84. The molecule has 0 amide bonds. The Morgan fingerprint density at radius 1 is 0.844 bits per heavy atom. The number of aromatic amines is 1. The fraction of sp³-hybridized carbons (Fsp3) is 0.185. The first-order chi connectivity index (χ1) is 15.7. The van der Waals surface area contributed by atoms with Crippen LogP contribution in [0.3, 0.4) is 0 Å². The zero-order valence-electron chi connectivity index (χ0n) is 17.6. The number of nitrogens with one attached hydrogen (secondary N) is 1. The second-order valence-electron chi connectivity index (χ2n) is 8.47. The minimum atomic E-state index is -0.496. The highest BCUT2D eigenvalue weighted by atomic mass is 16.6. The van der Waals surface area contributed by atoms with Gasteiger partial charge in [0.15, 0.2) is 0 Å². The summed E-state index contributed by atoms with van der Waals surface area (Å²) in [7, 11) is 0. The predicted molar refractivity (Wildman–Crippen MR) is 124 cm³/mol. The third-order valence-corrected chi connectivity index (χ3v) is 6.63. The van der Waals surface area contributed by atoms with E-state index in [4.69, 9.17) is 9.72 Å². The molecule has 1 N–H and O–H groups in total. The number of aromatic nitrogens is 2. The molecule has 32 heavy (non-hydrogen) atoms. The fourth-order valence-corrected chi connectivity index (χ4v) is 4.91. The Hall–Kier alpha value is -3.86. The maximum atomic E-state index is 12.3. The Labute approximate surface area is 186 Å². The first kappa shape index (κ1) is 18.9. The average Bonchev–Trinajstić information content (AvgIpc) is 3.45. The fourth-order valence-electron chi connectivity index (χ4n) is 4.91. The van der Waals surface area contributed by atoms with Crippen LogP contribution in [0.5, 0.6) is 0 Å². The first-order valence-electron chi connectivity index (χ1n) is 11.0. The Morgan fingerprint density at radius 2 is 1.56 bits per heavy atom. The van der Waals surface area contributed by atoms with E-state index < -0.39 is 5.60 Å². The minimum Gasteiger partial charge on any atom is -0.450 e. The number of imidazole rings is 1. The normalized spacial score (nSPS) is 16.8. The van der Waals surface area contributed by atoms with E-state index in [1.54, 1.807) is 0 Å². The number of piperidine rings is 1. The third kappa shape index (κ3) is 3.09. The standard InChI is InChI=1S/C27H23N3O2/c31-25-22-11-4-5-12-23(22)27(32-25)13-15-30(16-14-27)26-28-18-24(29-26)21-10-6-9-20(17-21)19-7-2-1-3-8-19/h1-12,17-18H,13-16H2,(H,28,29). The molecule has 3 heterocycles. The molecule has 158 valence electrons. The van der Waals surface area contributed by atoms with Crippen LogP contribution in [0, 0.1) is 0 Å². The number of hydrogen-bond acceptors (Lipinski definition) is 4. The summed E-state index contributed by atoms with van der Waals surface area (Å²) in [4.78, 5) is 22.8. The smallest absolute Gasteiger partial charge is 0.339 e. The number of carbonyl (C=O) groups excluding carboxylic acids is 1. The number of carbonyl (C=O) groups is 1. The van der Waals surface area contributed by atoms with Crippen LogP contribution in [0.25, 0.3) is 22.4 Å². The summed E-state index contributed by atoms with van der Waals surface area (Å²) in [5.74, 6) is 0.658. The van der Waals surface area contributed by atoms with Crippen molar-refractivity contribution in [1.29, 1.82) is 0 Å². The number of benzene rings is 3. The molecule has 0 bridgehead atoms. The molecule has 1 saturated heterocycles. The van der Waals surface area contributed by atoms with E-state index in [-0.39, 0.29) is 5.97 Å². The molecule has 6 rings (SSSR count). The van der Waals surface area contributed by atoms with Crippen molar-refractivity contribution in [3.63, 3.8) is 0 Å². The first-order valence-corrected chi connectivity index (χ1v) is 11.0. The van der Waals surface area contributed by atoms with Gasteiger partial charge in [-0.1, -0.05) is 66.7 Å². The topological polar surface area (TPSA) is 58.2 Å². The lowest BCUT2D eigenvalue weighted by molar-refractivity contribution is -0.0211. The SMILES string of the molecule is O=C1OC2(CCN(c3nc(-c4cccc(-c5ccccc5)c4)c[nH]3)CC2)c2ccccc21. The van der Waals surface area contributed by atoms with E-state index >= 15 is 0 Å². The molecule has 0 saturated carbocycles. The van der Waals surface area contributed by atoms with E-state index in [9.17, 15) is 4.79 Å². The molecule has 1 fully saturated rings.